The van der Waals surface area contributed by atoms with Gasteiger partial charge in [0.05, 0.1) is 0 Å². The van der Waals surface area contributed by atoms with Gasteiger partial charge in [0.1, 0.15) is 0 Å². The number of benzene rings is 1. The van der Waals surface area contributed by atoms with Crippen LogP contribution in [0.5, 0.6) is 11.5 Å². The van der Waals surface area contributed by atoms with Crippen LogP contribution in [0.2, 0.25) is 0 Å². The Morgan fingerprint density at radius 3 is 2.11 bits per heavy atom. The first kappa shape index (κ1) is 15.2. The minimum absolute atomic E-state index is 0.0806. The van der Waals surface area contributed by atoms with Crippen molar-refractivity contribution in [1.29, 1.82) is 0 Å². The second kappa shape index (κ2) is 6.36. The van der Waals surface area contributed by atoms with E-state index >= 15 is 0 Å². The summed E-state index contributed by atoms with van der Waals surface area (Å²) in [5, 5.41) is 18.4. The Bertz CT molecular complexity index is 486. The lowest BCUT2D eigenvalue weighted by molar-refractivity contribution is 0.140. The van der Waals surface area contributed by atoms with Crippen LogP contribution >= 0.6 is 0 Å². The second-order valence-corrected chi connectivity index (χ2v) is 4.13. The maximum absolute atomic E-state index is 13.9. The lowest BCUT2D eigenvalue weighted by Crippen LogP contribution is -2.10. The first-order chi connectivity index (χ1) is 8.93. The Balaban J connectivity index is 3.47. The highest BCUT2D eigenvalue weighted by atomic mass is 19.2. The molecular weight excluding hydrogens is 258 g/mol. The SMILES string of the molecule is CCCc1c(O)c(OC(=O)O)c(F)c(F)c1CCC. The fraction of sp³-hybridized carbons (Fsp3) is 0.462. The maximum atomic E-state index is 13.9. The zero-order chi connectivity index (χ0) is 14.6. The molecule has 0 radical (unpaired) electrons. The molecule has 0 heterocycles. The van der Waals surface area contributed by atoms with Crippen LogP contribution in [0.4, 0.5) is 13.6 Å². The summed E-state index contributed by atoms with van der Waals surface area (Å²) >= 11 is 0. The molecule has 0 unspecified atom stereocenters. The summed E-state index contributed by atoms with van der Waals surface area (Å²) < 4.78 is 31.7. The molecule has 0 aliphatic heterocycles. The molecule has 0 aliphatic carbocycles. The topological polar surface area (TPSA) is 66.8 Å². The molecule has 1 aromatic rings. The van der Waals surface area contributed by atoms with Gasteiger partial charge in [-0.05, 0) is 18.4 Å². The standard InChI is InChI=1S/C13H16F2O4/c1-3-5-7-8(6-4-2)11(16)12(19-13(17)18)10(15)9(7)14/h16H,3-6H2,1-2H3,(H,17,18). The molecule has 0 fully saturated rings. The minimum Gasteiger partial charge on any atom is -0.504 e. The third-order valence-electron chi connectivity index (χ3n) is 2.71. The van der Waals surface area contributed by atoms with E-state index in [0.29, 0.717) is 19.3 Å². The summed E-state index contributed by atoms with van der Waals surface area (Å²) in [6.45, 7) is 3.61. The van der Waals surface area contributed by atoms with Crippen molar-refractivity contribution in [3.8, 4) is 11.5 Å². The predicted molar refractivity (Wildman–Crippen MR) is 64.7 cm³/mol. The zero-order valence-corrected chi connectivity index (χ0v) is 10.8. The molecule has 106 valence electrons. The fourth-order valence-electron chi connectivity index (χ4n) is 1.96. The van der Waals surface area contributed by atoms with Crippen molar-refractivity contribution in [2.24, 2.45) is 0 Å². The predicted octanol–water partition coefficient (Wildman–Crippen LogP) is 3.63. The number of phenolic OH excluding ortho intramolecular Hbond substituents is 1. The number of halogens is 2. The summed E-state index contributed by atoms with van der Waals surface area (Å²) in [5.41, 5.74) is 0.289. The van der Waals surface area contributed by atoms with Gasteiger partial charge in [-0.3, -0.25) is 0 Å². The van der Waals surface area contributed by atoms with Gasteiger partial charge in [-0.15, -0.1) is 0 Å². The average molecular weight is 274 g/mol. The Morgan fingerprint density at radius 1 is 1.11 bits per heavy atom. The first-order valence-electron chi connectivity index (χ1n) is 6.06. The van der Waals surface area contributed by atoms with Gasteiger partial charge in [0.15, 0.2) is 11.6 Å². The van der Waals surface area contributed by atoms with Crippen LogP contribution in [0.15, 0.2) is 0 Å². The molecule has 6 heteroatoms. The summed E-state index contributed by atoms with van der Waals surface area (Å²) in [6.07, 6.45) is -0.0554. The molecule has 0 aromatic heterocycles. The number of hydrogen-bond acceptors (Lipinski definition) is 3. The van der Waals surface area contributed by atoms with Crippen LogP contribution in [0.1, 0.15) is 37.8 Å². The zero-order valence-electron chi connectivity index (χ0n) is 10.8. The molecule has 1 rings (SSSR count). The normalized spacial score (nSPS) is 10.5. The number of rotatable bonds is 5. The van der Waals surface area contributed by atoms with E-state index in [2.05, 4.69) is 4.74 Å². The monoisotopic (exact) mass is 274 g/mol. The molecular formula is C13H16F2O4. The van der Waals surface area contributed by atoms with Gasteiger partial charge in [0, 0.05) is 5.56 Å². The summed E-state index contributed by atoms with van der Waals surface area (Å²) in [5.74, 6) is -4.22. The molecule has 1 aromatic carbocycles. The molecule has 0 aliphatic rings. The van der Waals surface area contributed by atoms with Gasteiger partial charge in [-0.1, -0.05) is 26.7 Å². The Morgan fingerprint density at radius 2 is 1.63 bits per heavy atom. The first-order valence-corrected chi connectivity index (χ1v) is 6.06. The Hall–Kier alpha value is -1.85. The van der Waals surface area contributed by atoms with Crippen molar-refractivity contribution in [2.75, 3.05) is 0 Å². The highest BCUT2D eigenvalue weighted by Crippen LogP contribution is 2.39. The molecule has 2 N–H and O–H groups in total. The number of carboxylic acid groups (broad SMARTS) is 1. The smallest absolute Gasteiger partial charge is 0.504 e. The van der Waals surface area contributed by atoms with Crippen molar-refractivity contribution in [3.05, 3.63) is 22.8 Å². The highest BCUT2D eigenvalue weighted by molar-refractivity contribution is 5.64. The number of hydrogen-bond donors (Lipinski definition) is 2. The number of aromatic hydroxyl groups is 1. The van der Waals surface area contributed by atoms with Crippen LogP contribution in [0.3, 0.4) is 0 Å². The number of phenols is 1. The molecule has 0 amide bonds. The van der Waals surface area contributed by atoms with E-state index in [1.165, 1.54) is 0 Å². The van der Waals surface area contributed by atoms with Crippen LogP contribution in [0, 0.1) is 11.6 Å². The molecule has 0 bridgehead atoms. The van der Waals surface area contributed by atoms with Crippen LogP contribution in [-0.4, -0.2) is 16.4 Å². The highest BCUT2D eigenvalue weighted by Gasteiger charge is 2.26. The van der Waals surface area contributed by atoms with Crippen molar-refractivity contribution in [3.63, 3.8) is 0 Å². The van der Waals surface area contributed by atoms with Crippen LogP contribution in [0.25, 0.3) is 0 Å². The number of carbonyl (C=O) groups is 1. The van der Waals surface area contributed by atoms with Crippen LogP contribution < -0.4 is 4.74 Å². The van der Waals surface area contributed by atoms with Crippen molar-refractivity contribution >= 4 is 6.16 Å². The number of ether oxygens (including phenoxy) is 1. The summed E-state index contributed by atoms with van der Waals surface area (Å²) in [6, 6.07) is 0. The summed E-state index contributed by atoms with van der Waals surface area (Å²) in [7, 11) is 0. The van der Waals surface area contributed by atoms with Crippen molar-refractivity contribution < 1.29 is 28.5 Å². The van der Waals surface area contributed by atoms with E-state index in [-0.39, 0.29) is 17.5 Å². The molecule has 0 atom stereocenters. The minimum atomic E-state index is -1.81. The van der Waals surface area contributed by atoms with Crippen molar-refractivity contribution in [2.45, 2.75) is 39.5 Å². The molecule has 0 spiro atoms. The van der Waals surface area contributed by atoms with Crippen LogP contribution in [-0.2, 0) is 12.8 Å². The fourth-order valence-corrected chi connectivity index (χ4v) is 1.96. The van der Waals surface area contributed by atoms with Gasteiger partial charge in [0.25, 0.3) is 0 Å². The van der Waals surface area contributed by atoms with Gasteiger partial charge in [-0.2, -0.15) is 4.39 Å². The van der Waals surface area contributed by atoms with E-state index in [0.717, 1.165) is 0 Å². The van der Waals surface area contributed by atoms with Gasteiger partial charge < -0.3 is 14.9 Å². The maximum Gasteiger partial charge on any atom is 0.511 e. The van der Waals surface area contributed by atoms with E-state index in [1.807, 2.05) is 6.92 Å². The quantitative estimate of drug-likeness (QED) is 0.635. The van der Waals surface area contributed by atoms with Crippen molar-refractivity contribution in [1.82, 2.24) is 0 Å². The molecule has 4 nitrogen and oxygen atoms in total. The van der Waals surface area contributed by atoms with Gasteiger partial charge in [0.2, 0.25) is 11.6 Å². The third kappa shape index (κ3) is 3.13. The molecule has 19 heavy (non-hydrogen) atoms. The van der Waals surface area contributed by atoms with Gasteiger partial charge in [-0.25, -0.2) is 9.18 Å². The lowest BCUT2D eigenvalue weighted by Gasteiger charge is -2.15. The second-order valence-electron chi connectivity index (χ2n) is 4.13. The Kier molecular flexibility index (Phi) is 5.09. The van der Waals surface area contributed by atoms with E-state index < -0.39 is 29.3 Å². The molecule has 0 saturated carbocycles. The van der Waals surface area contributed by atoms with Gasteiger partial charge >= 0.3 is 6.16 Å². The average Bonchev–Trinajstić information content (AvgIpc) is 2.36. The molecule has 0 saturated heterocycles. The summed E-state index contributed by atoms with van der Waals surface area (Å²) in [4.78, 5) is 10.4. The third-order valence-corrected chi connectivity index (χ3v) is 2.71. The van der Waals surface area contributed by atoms with E-state index in [4.69, 9.17) is 5.11 Å². The van der Waals surface area contributed by atoms with E-state index in [1.54, 1.807) is 6.92 Å². The largest absolute Gasteiger partial charge is 0.511 e. The lowest BCUT2D eigenvalue weighted by atomic mass is 9.97. The van der Waals surface area contributed by atoms with E-state index in [9.17, 15) is 18.7 Å². The Labute approximate surface area is 109 Å².